The number of carbonyl (C=O) groups is 2. The van der Waals surface area contributed by atoms with Gasteiger partial charge in [-0.05, 0) is 47.9 Å². The predicted octanol–water partition coefficient (Wildman–Crippen LogP) is 2.44. The Labute approximate surface area is 184 Å². The lowest BCUT2D eigenvalue weighted by atomic mass is 10.0. The van der Waals surface area contributed by atoms with Gasteiger partial charge in [0.2, 0.25) is 0 Å². The summed E-state index contributed by atoms with van der Waals surface area (Å²) in [6, 6.07) is 11.1. The Morgan fingerprint density at radius 1 is 1.03 bits per heavy atom. The molecular weight excluding hydrogens is 418 g/mol. The number of hydrazone groups is 1. The zero-order valence-electron chi connectivity index (χ0n) is 17.7. The highest BCUT2D eigenvalue weighted by Crippen LogP contribution is 2.13. The van der Waals surface area contributed by atoms with E-state index in [2.05, 4.69) is 15.8 Å². The maximum Gasteiger partial charge on any atom is 0.328 e. The molecule has 8 nitrogen and oxygen atoms in total. The number of aryl methyl sites for hydroxylation is 2. The van der Waals surface area contributed by atoms with Gasteiger partial charge < -0.3 is 5.32 Å². The van der Waals surface area contributed by atoms with Crippen molar-refractivity contribution in [3.8, 4) is 0 Å². The van der Waals surface area contributed by atoms with E-state index in [1.807, 2.05) is 26.0 Å². The maximum atomic E-state index is 12.6. The lowest BCUT2D eigenvalue weighted by Gasteiger charge is -2.20. The molecule has 0 aliphatic heterocycles. The first-order valence-corrected chi connectivity index (χ1v) is 10.1. The Balaban J connectivity index is 1.69. The van der Waals surface area contributed by atoms with Gasteiger partial charge in [-0.2, -0.15) is 5.10 Å². The molecule has 0 fully saturated rings. The van der Waals surface area contributed by atoms with E-state index in [-0.39, 0.29) is 17.5 Å². The van der Waals surface area contributed by atoms with E-state index >= 15 is 0 Å². The van der Waals surface area contributed by atoms with Gasteiger partial charge >= 0.3 is 5.69 Å². The van der Waals surface area contributed by atoms with E-state index in [1.165, 1.54) is 6.21 Å². The number of nitrogens with zero attached hydrogens (tertiary/aromatic N) is 3. The summed E-state index contributed by atoms with van der Waals surface area (Å²) in [5.74, 6) is -0.951. The van der Waals surface area contributed by atoms with Crippen LogP contribution >= 0.6 is 11.6 Å². The van der Waals surface area contributed by atoms with Gasteiger partial charge in [-0.15, -0.1) is 0 Å². The zero-order chi connectivity index (χ0) is 22.7. The molecule has 0 radical (unpaired) electrons. The Kier molecular flexibility index (Phi) is 6.60. The van der Waals surface area contributed by atoms with Crippen molar-refractivity contribution >= 4 is 40.7 Å². The van der Waals surface area contributed by atoms with Crippen LogP contribution in [0, 0.1) is 5.92 Å². The third-order valence-electron chi connectivity index (χ3n) is 5.03. The quantitative estimate of drug-likeness (QED) is 0.454. The molecule has 2 amide bonds. The van der Waals surface area contributed by atoms with Crippen LogP contribution < -0.4 is 16.4 Å². The first-order chi connectivity index (χ1) is 14.7. The second-order valence-electron chi connectivity index (χ2n) is 7.59. The van der Waals surface area contributed by atoms with Gasteiger partial charge in [0.1, 0.15) is 6.04 Å². The second-order valence-corrected chi connectivity index (χ2v) is 8.02. The van der Waals surface area contributed by atoms with Crippen LogP contribution in [0.25, 0.3) is 11.0 Å². The van der Waals surface area contributed by atoms with Crippen molar-refractivity contribution in [3.05, 3.63) is 69.1 Å². The molecule has 0 saturated carbocycles. The average Bonchev–Trinajstić information content (AvgIpc) is 2.95. The van der Waals surface area contributed by atoms with Crippen LogP contribution in [0.2, 0.25) is 5.02 Å². The fraction of sp³-hybridized carbons (Fsp3) is 0.273. The van der Waals surface area contributed by atoms with Crippen LogP contribution in [-0.2, 0) is 18.9 Å². The SMILES string of the molecule is CC(C)C(NC(=O)c1ccc(Cl)cc1)C(=O)NN=Cc1ccc2c(c1)n(C)c(=O)n2C. The molecule has 1 atom stereocenters. The Morgan fingerprint density at radius 3 is 2.32 bits per heavy atom. The predicted molar refractivity (Wildman–Crippen MR) is 121 cm³/mol. The molecule has 0 bridgehead atoms. The average molecular weight is 442 g/mol. The molecule has 0 saturated heterocycles. The number of aromatic nitrogens is 2. The largest absolute Gasteiger partial charge is 0.340 e. The van der Waals surface area contributed by atoms with E-state index in [1.54, 1.807) is 53.6 Å². The fourth-order valence-electron chi connectivity index (χ4n) is 3.20. The summed E-state index contributed by atoms with van der Waals surface area (Å²) < 4.78 is 3.11. The molecule has 1 aromatic heterocycles. The van der Waals surface area contributed by atoms with E-state index < -0.39 is 11.9 Å². The number of rotatable bonds is 6. The Hall–Kier alpha value is -3.39. The van der Waals surface area contributed by atoms with E-state index in [4.69, 9.17) is 11.6 Å². The third-order valence-corrected chi connectivity index (χ3v) is 5.28. The van der Waals surface area contributed by atoms with Crippen molar-refractivity contribution < 1.29 is 9.59 Å². The van der Waals surface area contributed by atoms with Crippen LogP contribution in [0.15, 0.2) is 52.4 Å². The first kappa shape index (κ1) is 22.3. The molecule has 1 heterocycles. The van der Waals surface area contributed by atoms with Gasteiger partial charge in [0.05, 0.1) is 17.2 Å². The minimum Gasteiger partial charge on any atom is -0.340 e. The van der Waals surface area contributed by atoms with Crippen molar-refractivity contribution in [3.63, 3.8) is 0 Å². The number of hydrogen-bond donors (Lipinski definition) is 2. The molecule has 31 heavy (non-hydrogen) atoms. The molecule has 3 rings (SSSR count). The number of amides is 2. The van der Waals surface area contributed by atoms with Crippen LogP contribution in [-0.4, -0.2) is 33.2 Å². The first-order valence-electron chi connectivity index (χ1n) is 9.74. The van der Waals surface area contributed by atoms with Crippen molar-refractivity contribution in [1.82, 2.24) is 19.9 Å². The van der Waals surface area contributed by atoms with Crippen molar-refractivity contribution in [2.75, 3.05) is 0 Å². The van der Waals surface area contributed by atoms with E-state index in [9.17, 15) is 14.4 Å². The fourth-order valence-corrected chi connectivity index (χ4v) is 3.33. The topological polar surface area (TPSA) is 97.5 Å². The minimum absolute atomic E-state index is 0.117. The van der Waals surface area contributed by atoms with Crippen LogP contribution in [0.1, 0.15) is 29.8 Å². The maximum absolute atomic E-state index is 12.6. The van der Waals surface area contributed by atoms with Gasteiger partial charge in [0.15, 0.2) is 0 Å². The molecule has 0 spiro atoms. The summed E-state index contributed by atoms with van der Waals surface area (Å²) in [4.78, 5) is 37.1. The van der Waals surface area contributed by atoms with E-state index in [0.717, 1.165) is 16.6 Å². The molecule has 0 aliphatic carbocycles. The highest BCUT2D eigenvalue weighted by atomic mass is 35.5. The Bertz CT molecular complexity index is 1210. The number of halogens is 1. The Morgan fingerprint density at radius 2 is 1.68 bits per heavy atom. The van der Waals surface area contributed by atoms with Crippen molar-refractivity contribution in [1.29, 1.82) is 0 Å². The summed E-state index contributed by atoms with van der Waals surface area (Å²) in [7, 11) is 3.41. The molecule has 2 N–H and O–H groups in total. The van der Waals surface area contributed by atoms with Gasteiger partial charge in [-0.1, -0.05) is 31.5 Å². The molecule has 2 aromatic carbocycles. The van der Waals surface area contributed by atoms with Gasteiger partial charge in [-0.25, -0.2) is 10.2 Å². The lowest BCUT2D eigenvalue weighted by molar-refractivity contribution is -0.123. The number of benzene rings is 2. The highest BCUT2D eigenvalue weighted by molar-refractivity contribution is 6.30. The number of hydrogen-bond acceptors (Lipinski definition) is 4. The highest BCUT2D eigenvalue weighted by Gasteiger charge is 2.24. The standard InChI is InChI=1S/C22H24ClN5O3/c1-13(2)19(25-20(29)15-6-8-16(23)9-7-15)21(30)26-24-12-14-5-10-17-18(11-14)28(4)22(31)27(17)3/h5-13,19H,1-4H3,(H,25,29)(H,26,30). The smallest absolute Gasteiger partial charge is 0.328 e. The summed E-state index contributed by atoms with van der Waals surface area (Å²) in [5, 5.41) is 7.27. The molecular formula is C22H24ClN5O3. The normalized spacial score (nSPS) is 12.5. The lowest BCUT2D eigenvalue weighted by Crippen LogP contribution is -2.48. The van der Waals surface area contributed by atoms with Crippen molar-refractivity contribution in [2.45, 2.75) is 19.9 Å². The molecule has 0 aliphatic rings. The summed E-state index contributed by atoms with van der Waals surface area (Å²) in [6.07, 6.45) is 1.49. The summed E-state index contributed by atoms with van der Waals surface area (Å²) in [5.41, 5.74) is 5.06. The zero-order valence-corrected chi connectivity index (χ0v) is 18.5. The molecule has 1 unspecified atom stereocenters. The van der Waals surface area contributed by atoms with Crippen molar-refractivity contribution in [2.24, 2.45) is 25.1 Å². The molecule has 3 aromatic rings. The second kappa shape index (κ2) is 9.18. The molecule has 9 heteroatoms. The van der Waals surface area contributed by atoms with Gasteiger partial charge in [-0.3, -0.25) is 18.7 Å². The number of nitrogens with one attached hydrogen (secondary N) is 2. The monoisotopic (exact) mass is 441 g/mol. The molecule has 162 valence electrons. The van der Waals surface area contributed by atoms with Gasteiger partial charge in [0.25, 0.3) is 11.8 Å². The summed E-state index contributed by atoms with van der Waals surface area (Å²) in [6.45, 7) is 3.67. The van der Waals surface area contributed by atoms with Crippen LogP contribution in [0.3, 0.4) is 0 Å². The summed E-state index contributed by atoms with van der Waals surface area (Å²) >= 11 is 5.85. The third kappa shape index (κ3) is 4.86. The van der Waals surface area contributed by atoms with Crippen LogP contribution in [0.4, 0.5) is 0 Å². The minimum atomic E-state index is -0.766. The van der Waals surface area contributed by atoms with Gasteiger partial charge in [0, 0.05) is 24.7 Å². The number of carbonyl (C=O) groups excluding carboxylic acids is 2. The number of imidazole rings is 1. The van der Waals surface area contributed by atoms with Crippen LogP contribution in [0.5, 0.6) is 0 Å². The van der Waals surface area contributed by atoms with E-state index in [0.29, 0.717) is 10.6 Å². The number of fused-ring (bicyclic) bond motifs is 1.